The Kier molecular flexibility index (Phi) is 5.72. The minimum atomic E-state index is -0.485. The molecule has 2 aliphatic rings. The van der Waals surface area contributed by atoms with Crippen LogP contribution in [0.4, 0.5) is 0 Å². The van der Waals surface area contributed by atoms with E-state index in [4.69, 9.17) is 9.47 Å². The highest BCUT2D eigenvalue weighted by Crippen LogP contribution is 2.30. The van der Waals surface area contributed by atoms with Gasteiger partial charge in [0.25, 0.3) is 0 Å². The molecule has 2 unspecified atom stereocenters. The second kappa shape index (κ2) is 7.31. The van der Waals surface area contributed by atoms with Gasteiger partial charge in [-0.25, -0.2) is 4.79 Å². The van der Waals surface area contributed by atoms with E-state index in [1.807, 2.05) is 0 Å². The highest BCUT2D eigenvalue weighted by Gasteiger charge is 2.40. The summed E-state index contributed by atoms with van der Waals surface area (Å²) < 4.78 is 10.1. The minimum Gasteiger partial charge on any atom is -0.467 e. The number of amides is 1. The Balaban J connectivity index is 1.89. The molecule has 0 bridgehead atoms. The van der Waals surface area contributed by atoms with Crippen LogP contribution in [0.5, 0.6) is 0 Å². The molecule has 0 aromatic rings. The summed E-state index contributed by atoms with van der Waals surface area (Å²) in [6.07, 6.45) is 5.42. The fourth-order valence-electron chi connectivity index (χ4n) is 2.93. The molecule has 20 heavy (non-hydrogen) atoms. The summed E-state index contributed by atoms with van der Waals surface area (Å²) in [7, 11) is 2.97. The quantitative estimate of drug-likeness (QED) is 0.719. The lowest BCUT2D eigenvalue weighted by Crippen LogP contribution is -2.42. The molecule has 0 spiro atoms. The number of hydrogen-bond acceptors (Lipinski definition) is 5. The smallest absolute Gasteiger partial charge is 0.328 e. The molecule has 2 fully saturated rings. The first-order chi connectivity index (χ1) is 9.65. The van der Waals surface area contributed by atoms with Crippen molar-refractivity contribution in [1.29, 1.82) is 0 Å². The van der Waals surface area contributed by atoms with Crippen LogP contribution < -0.4 is 0 Å². The van der Waals surface area contributed by atoms with Gasteiger partial charge in [-0.3, -0.25) is 4.79 Å². The summed E-state index contributed by atoms with van der Waals surface area (Å²) in [6, 6.07) is -0.485. The van der Waals surface area contributed by atoms with Crippen LogP contribution in [0.1, 0.15) is 32.1 Å². The van der Waals surface area contributed by atoms with E-state index >= 15 is 0 Å². The van der Waals surface area contributed by atoms with E-state index in [0.717, 1.165) is 0 Å². The van der Waals surface area contributed by atoms with Crippen LogP contribution >= 0.6 is 11.8 Å². The van der Waals surface area contributed by atoms with Crippen LogP contribution in [-0.4, -0.2) is 60.7 Å². The maximum absolute atomic E-state index is 12.3. The number of hydrogen-bond donors (Lipinski definition) is 0. The summed E-state index contributed by atoms with van der Waals surface area (Å²) in [6.45, 7) is 0.486. The van der Waals surface area contributed by atoms with Crippen LogP contribution in [0.2, 0.25) is 0 Å². The molecule has 5 nitrogen and oxygen atoms in total. The molecule has 0 aromatic heterocycles. The highest BCUT2D eigenvalue weighted by molar-refractivity contribution is 8.00. The van der Waals surface area contributed by atoms with Crippen LogP contribution in [0.15, 0.2) is 0 Å². The van der Waals surface area contributed by atoms with Crippen molar-refractivity contribution in [2.45, 2.75) is 49.5 Å². The summed E-state index contributed by atoms with van der Waals surface area (Å²) in [5, 5.41) is 0.608. The third-order valence-electron chi connectivity index (χ3n) is 4.13. The molecule has 0 aromatic carbocycles. The number of rotatable bonds is 5. The minimum absolute atomic E-state index is 0.0249. The van der Waals surface area contributed by atoms with Gasteiger partial charge in [0.1, 0.15) is 6.04 Å². The normalized spacial score (nSPS) is 27.0. The molecule has 1 amide bonds. The van der Waals surface area contributed by atoms with Gasteiger partial charge in [0.05, 0.1) is 19.0 Å². The predicted molar refractivity (Wildman–Crippen MR) is 77.6 cm³/mol. The molecule has 6 heteroatoms. The van der Waals surface area contributed by atoms with E-state index in [-0.39, 0.29) is 18.0 Å². The number of methoxy groups -OCH3 is 2. The summed E-state index contributed by atoms with van der Waals surface area (Å²) in [5.74, 6) is 0.134. The van der Waals surface area contributed by atoms with E-state index in [9.17, 15) is 9.59 Å². The molecule has 0 radical (unpaired) electrons. The zero-order valence-corrected chi connectivity index (χ0v) is 13.0. The van der Waals surface area contributed by atoms with Gasteiger partial charge in [0.2, 0.25) is 5.91 Å². The van der Waals surface area contributed by atoms with Crippen molar-refractivity contribution in [2.75, 3.05) is 26.5 Å². The predicted octanol–water partition coefficient (Wildman–Crippen LogP) is 1.45. The highest BCUT2D eigenvalue weighted by atomic mass is 32.2. The first kappa shape index (κ1) is 15.6. The van der Waals surface area contributed by atoms with Crippen molar-refractivity contribution in [3.8, 4) is 0 Å². The maximum Gasteiger partial charge on any atom is 0.328 e. The summed E-state index contributed by atoms with van der Waals surface area (Å²) in [5.41, 5.74) is 0. The molecule has 0 N–H and O–H groups in total. The Morgan fingerprint density at radius 1 is 1.25 bits per heavy atom. The van der Waals surface area contributed by atoms with Gasteiger partial charge in [0, 0.05) is 25.3 Å². The zero-order valence-electron chi connectivity index (χ0n) is 12.2. The van der Waals surface area contributed by atoms with E-state index in [1.54, 1.807) is 23.8 Å². The number of carbonyl (C=O) groups excluding carboxylic acids is 2. The van der Waals surface area contributed by atoms with Gasteiger partial charge in [0.15, 0.2) is 0 Å². The zero-order chi connectivity index (χ0) is 14.5. The molecule has 1 saturated carbocycles. The van der Waals surface area contributed by atoms with Gasteiger partial charge in [-0.05, 0) is 12.8 Å². The Morgan fingerprint density at radius 3 is 2.55 bits per heavy atom. The van der Waals surface area contributed by atoms with Crippen molar-refractivity contribution in [2.24, 2.45) is 0 Å². The summed E-state index contributed by atoms with van der Waals surface area (Å²) in [4.78, 5) is 25.7. The first-order valence-electron chi connectivity index (χ1n) is 7.17. The van der Waals surface area contributed by atoms with Crippen molar-refractivity contribution in [3.63, 3.8) is 0 Å². The van der Waals surface area contributed by atoms with E-state index in [1.165, 1.54) is 32.8 Å². The Bertz CT molecular complexity index is 357. The number of ether oxygens (including phenoxy) is 2. The standard InChI is InChI=1S/C14H23NO4S/c1-18-10-7-12(14(17)19-2)15(8-10)13(16)9-20-11-5-3-4-6-11/h10-12H,3-9H2,1-2H3. The molecular formula is C14H23NO4S. The average Bonchev–Trinajstić information content (AvgIpc) is 3.12. The molecule has 1 aliphatic heterocycles. The van der Waals surface area contributed by atoms with Gasteiger partial charge in [-0.1, -0.05) is 12.8 Å². The monoisotopic (exact) mass is 301 g/mol. The Hall–Kier alpha value is -0.750. The number of esters is 1. The molecule has 114 valence electrons. The van der Waals surface area contributed by atoms with Gasteiger partial charge in [-0.2, -0.15) is 0 Å². The number of nitrogens with zero attached hydrogens (tertiary/aromatic N) is 1. The molecule has 2 atom stereocenters. The van der Waals surface area contributed by atoms with Gasteiger partial charge in [-0.15, -0.1) is 11.8 Å². The van der Waals surface area contributed by atoms with Crippen molar-refractivity contribution in [1.82, 2.24) is 4.90 Å². The third-order valence-corrected chi connectivity index (χ3v) is 5.49. The molecule has 1 heterocycles. The molecule has 1 aliphatic carbocycles. The van der Waals surface area contributed by atoms with Crippen LogP contribution in [0.25, 0.3) is 0 Å². The fraction of sp³-hybridized carbons (Fsp3) is 0.857. The van der Waals surface area contributed by atoms with E-state index in [2.05, 4.69) is 0 Å². The molecular weight excluding hydrogens is 278 g/mol. The van der Waals surface area contributed by atoms with E-state index in [0.29, 0.717) is 24.0 Å². The van der Waals surface area contributed by atoms with Crippen molar-refractivity contribution >= 4 is 23.6 Å². The lowest BCUT2D eigenvalue weighted by molar-refractivity contribution is -0.150. The van der Waals surface area contributed by atoms with Crippen molar-refractivity contribution < 1.29 is 19.1 Å². The second-order valence-corrected chi connectivity index (χ2v) is 6.68. The van der Waals surface area contributed by atoms with Crippen LogP contribution in [0, 0.1) is 0 Å². The SMILES string of the molecule is COC(=O)C1CC(OC)CN1C(=O)CSC1CCCC1. The first-order valence-corrected chi connectivity index (χ1v) is 8.22. The number of likely N-dealkylation sites (tertiary alicyclic amines) is 1. The number of carbonyl (C=O) groups is 2. The lowest BCUT2D eigenvalue weighted by Gasteiger charge is -2.22. The fourth-order valence-corrected chi connectivity index (χ4v) is 4.14. The van der Waals surface area contributed by atoms with Crippen LogP contribution in [0.3, 0.4) is 0 Å². The van der Waals surface area contributed by atoms with Gasteiger partial charge < -0.3 is 14.4 Å². The van der Waals surface area contributed by atoms with Crippen LogP contribution in [-0.2, 0) is 19.1 Å². The number of thioether (sulfide) groups is 1. The lowest BCUT2D eigenvalue weighted by atomic mass is 10.2. The van der Waals surface area contributed by atoms with E-state index < -0.39 is 6.04 Å². The van der Waals surface area contributed by atoms with Crippen molar-refractivity contribution in [3.05, 3.63) is 0 Å². The topological polar surface area (TPSA) is 55.8 Å². The Morgan fingerprint density at radius 2 is 1.95 bits per heavy atom. The van der Waals surface area contributed by atoms with Gasteiger partial charge >= 0.3 is 5.97 Å². The average molecular weight is 301 g/mol. The summed E-state index contributed by atoms with van der Waals surface area (Å²) >= 11 is 1.73. The maximum atomic E-state index is 12.3. The largest absolute Gasteiger partial charge is 0.467 e. The molecule has 2 rings (SSSR count). The third kappa shape index (κ3) is 3.67. The molecule has 1 saturated heterocycles. The second-order valence-electron chi connectivity index (χ2n) is 5.40. The Labute approximate surface area is 124 Å².